The molecule has 1 atom stereocenters. The van der Waals surface area contributed by atoms with Crippen molar-refractivity contribution < 1.29 is 0 Å². The Morgan fingerprint density at radius 3 is 2.11 bits per heavy atom. The predicted octanol–water partition coefficient (Wildman–Crippen LogP) is 12.0. The van der Waals surface area contributed by atoms with Crippen LogP contribution < -0.4 is 5.32 Å². The first-order valence-electron chi connectivity index (χ1n) is 15.3. The second-order valence-corrected chi connectivity index (χ2v) is 12.6. The van der Waals surface area contributed by atoms with Gasteiger partial charge in [-0.25, -0.2) is 0 Å². The molecule has 0 radical (unpaired) electrons. The van der Waals surface area contributed by atoms with E-state index in [9.17, 15) is 0 Å². The number of anilines is 2. The molecule has 0 amide bonds. The molecule has 1 heterocycles. The molecule has 7 rings (SSSR count). The van der Waals surface area contributed by atoms with E-state index in [2.05, 4.69) is 158 Å². The molecule has 1 aliphatic heterocycles. The summed E-state index contributed by atoms with van der Waals surface area (Å²) in [6.07, 6.45) is 3.88. The van der Waals surface area contributed by atoms with Crippen molar-refractivity contribution >= 4 is 39.5 Å². The second-order valence-electron chi connectivity index (χ2n) is 11.5. The van der Waals surface area contributed by atoms with Crippen LogP contribution in [0.3, 0.4) is 0 Å². The molecular formula is C42H35NS. The largest absolute Gasteiger partial charge is 0.355 e. The number of fused-ring (bicyclic) bond motifs is 4. The van der Waals surface area contributed by atoms with Gasteiger partial charge in [-0.2, -0.15) is 0 Å². The molecule has 0 aliphatic carbocycles. The van der Waals surface area contributed by atoms with Crippen LogP contribution in [0.5, 0.6) is 0 Å². The first-order chi connectivity index (χ1) is 21.7. The number of thioether (sulfide) groups is 1. The minimum absolute atomic E-state index is 0.251. The Balaban J connectivity index is 1.25. The highest BCUT2D eigenvalue weighted by Crippen LogP contribution is 2.49. The third-order valence-electron chi connectivity index (χ3n) is 8.59. The fraction of sp³-hybridized carbons (Fsp3) is 0.0952. The number of nitrogens with one attached hydrogen (secondary N) is 1. The Kier molecular flexibility index (Phi) is 7.92. The van der Waals surface area contributed by atoms with E-state index in [1.54, 1.807) is 0 Å². The number of hydrogen-bond donors (Lipinski definition) is 1. The van der Waals surface area contributed by atoms with Crippen LogP contribution in [0.1, 0.15) is 41.5 Å². The quantitative estimate of drug-likeness (QED) is 0.191. The van der Waals surface area contributed by atoms with Crippen molar-refractivity contribution in [3.63, 3.8) is 0 Å². The summed E-state index contributed by atoms with van der Waals surface area (Å²) in [5.41, 5.74) is 11.5. The molecule has 1 N–H and O–H groups in total. The number of rotatable bonds is 8. The van der Waals surface area contributed by atoms with Crippen LogP contribution in [0.15, 0.2) is 162 Å². The Morgan fingerprint density at radius 2 is 1.32 bits per heavy atom. The Morgan fingerprint density at radius 1 is 0.659 bits per heavy atom. The Labute approximate surface area is 265 Å². The van der Waals surface area contributed by atoms with Gasteiger partial charge in [-0.15, -0.1) is 0 Å². The molecule has 44 heavy (non-hydrogen) atoms. The maximum absolute atomic E-state index is 4.27. The Bertz CT molecular complexity index is 1990. The zero-order chi connectivity index (χ0) is 29.9. The minimum Gasteiger partial charge on any atom is -0.355 e. The highest BCUT2D eigenvalue weighted by Gasteiger charge is 2.24. The summed E-state index contributed by atoms with van der Waals surface area (Å²) in [6.45, 7) is 6.64. The zero-order valence-electron chi connectivity index (χ0n) is 25.0. The van der Waals surface area contributed by atoms with E-state index in [1.807, 2.05) is 17.8 Å². The lowest BCUT2D eigenvalue weighted by Crippen LogP contribution is -2.04. The van der Waals surface area contributed by atoms with Crippen LogP contribution in [0.25, 0.3) is 27.5 Å². The van der Waals surface area contributed by atoms with Gasteiger partial charge in [0.2, 0.25) is 0 Å². The first-order valence-corrected chi connectivity index (χ1v) is 16.1. The SMILES string of the molecule is C=CC1=C(CC(C)c2c(Nc3ccc(Cc4ccccc4)cc3)ccc3ccccc23)c2ccccc2-c2ccccc2S1. The van der Waals surface area contributed by atoms with Crippen molar-refractivity contribution in [3.8, 4) is 11.1 Å². The van der Waals surface area contributed by atoms with Crippen LogP contribution in [-0.4, -0.2) is 0 Å². The highest BCUT2D eigenvalue weighted by molar-refractivity contribution is 8.03. The van der Waals surface area contributed by atoms with E-state index < -0.39 is 0 Å². The molecule has 1 unspecified atom stereocenters. The summed E-state index contributed by atoms with van der Waals surface area (Å²) in [4.78, 5) is 2.51. The van der Waals surface area contributed by atoms with Gasteiger partial charge in [0.15, 0.2) is 0 Å². The summed E-state index contributed by atoms with van der Waals surface area (Å²) in [7, 11) is 0. The lowest BCUT2D eigenvalue weighted by molar-refractivity contribution is 0.801. The minimum atomic E-state index is 0.251. The molecule has 0 fully saturated rings. The molecule has 6 aromatic carbocycles. The van der Waals surface area contributed by atoms with E-state index in [0.717, 1.165) is 24.2 Å². The van der Waals surface area contributed by atoms with Crippen molar-refractivity contribution in [2.45, 2.75) is 30.6 Å². The maximum Gasteiger partial charge on any atom is 0.0426 e. The van der Waals surface area contributed by atoms with E-state index in [0.29, 0.717) is 0 Å². The van der Waals surface area contributed by atoms with Gasteiger partial charge in [-0.1, -0.05) is 147 Å². The molecular weight excluding hydrogens is 551 g/mol. The third-order valence-corrected chi connectivity index (χ3v) is 9.80. The molecule has 214 valence electrons. The number of allylic oxidation sites excluding steroid dienone is 2. The molecule has 0 saturated carbocycles. The third kappa shape index (κ3) is 5.62. The average molecular weight is 586 g/mol. The molecule has 1 aliphatic rings. The fourth-order valence-electron chi connectivity index (χ4n) is 6.48. The highest BCUT2D eigenvalue weighted by atomic mass is 32.2. The van der Waals surface area contributed by atoms with Crippen molar-refractivity contribution in [3.05, 3.63) is 179 Å². The smallest absolute Gasteiger partial charge is 0.0426 e. The zero-order valence-corrected chi connectivity index (χ0v) is 25.8. The van der Waals surface area contributed by atoms with Crippen molar-refractivity contribution in [1.82, 2.24) is 0 Å². The van der Waals surface area contributed by atoms with Crippen LogP contribution in [0, 0.1) is 0 Å². The van der Waals surface area contributed by atoms with Gasteiger partial charge >= 0.3 is 0 Å². The predicted molar refractivity (Wildman–Crippen MR) is 191 cm³/mol. The van der Waals surface area contributed by atoms with E-state index in [-0.39, 0.29) is 5.92 Å². The standard InChI is InChI=1S/C42H35NS/c1-3-40-38(36-18-10-9-17-35(36)37-19-11-12-20-41(37)44-40)27-29(2)42-34-16-8-7-15-32(34)23-26-39(42)43-33-24-21-31(22-25-33)28-30-13-5-4-6-14-30/h3-26,29,43H,1,27-28H2,2H3. The summed E-state index contributed by atoms with van der Waals surface area (Å²) in [5, 5.41) is 6.36. The molecule has 0 saturated heterocycles. The Hall–Kier alpha value is -4.79. The van der Waals surface area contributed by atoms with Gasteiger partial charge in [0, 0.05) is 21.2 Å². The maximum atomic E-state index is 4.27. The van der Waals surface area contributed by atoms with Gasteiger partial charge in [0.25, 0.3) is 0 Å². The van der Waals surface area contributed by atoms with Gasteiger partial charge in [-0.05, 0) is 92.8 Å². The summed E-state index contributed by atoms with van der Waals surface area (Å²) in [6, 6.07) is 50.4. The van der Waals surface area contributed by atoms with Crippen molar-refractivity contribution in [1.29, 1.82) is 0 Å². The topological polar surface area (TPSA) is 12.0 Å². The summed E-state index contributed by atoms with van der Waals surface area (Å²) >= 11 is 1.84. The molecule has 1 nitrogen and oxygen atoms in total. The first kappa shape index (κ1) is 28.0. The molecule has 0 bridgehead atoms. The van der Waals surface area contributed by atoms with Crippen molar-refractivity contribution in [2.75, 3.05) is 5.32 Å². The van der Waals surface area contributed by atoms with E-state index in [1.165, 1.54) is 59.5 Å². The molecule has 0 aromatic heterocycles. The molecule has 0 spiro atoms. The van der Waals surface area contributed by atoms with Crippen LogP contribution in [0.4, 0.5) is 11.4 Å². The van der Waals surface area contributed by atoms with E-state index in [4.69, 9.17) is 0 Å². The van der Waals surface area contributed by atoms with Gasteiger partial charge in [-0.3, -0.25) is 0 Å². The van der Waals surface area contributed by atoms with E-state index >= 15 is 0 Å². The van der Waals surface area contributed by atoms with Gasteiger partial charge in [0.05, 0.1) is 0 Å². The normalized spacial score (nSPS) is 13.1. The van der Waals surface area contributed by atoms with Gasteiger partial charge in [0.1, 0.15) is 0 Å². The fourth-order valence-corrected chi connectivity index (χ4v) is 7.56. The average Bonchev–Trinajstić information content (AvgIpc) is 3.20. The lowest BCUT2D eigenvalue weighted by atomic mass is 9.84. The summed E-state index contributed by atoms with van der Waals surface area (Å²) < 4.78 is 0. The van der Waals surface area contributed by atoms with Crippen LogP contribution in [0.2, 0.25) is 0 Å². The molecule has 2 heteroatoms. The van der Waals surface area contributed by atoms with Crippen LogP contribution in [-0.2, 0) is 6.42 Å². The summed E-state index contributed by atoms with van der Waals surface area (Å²) in [5.74, 6) is 0.251. The van der Waals surface area contributed by atoms with Crippen molar-refractivity contribution in [2.24, 2.45) is 0 Å². The van der Waals surface area contributed by atoms with Crippen LogP contribution >= 0.6 is 11.8 Å². The monoisotopic (exact) mass is 585 g/mol. The van der Waals surface area contributed by atoms with Gasteiger partial charge < -0.3 is 5.32 Å². The number of hydrogen-bond acceptors (Lipinski definition) is 2. The molecule has 6 aromatic rings. The second kappa shape index (κ2) is 12.4. The lowest BCUT2D eigenvalue weighted by Gasteiger charge is -2.23. The number of benzene rings is 6.